The van der Waals surface area contributed by atoms with E-state index in [-0.39, 0.29) is 55.1 Å². The molecule has 0 unspecified atom stereocenters. The van der Waals surface area contributed by atoms with Gasteiger partial charge < -0.3 is 15.0 Å². The lowest BCUT2D eigenvalue weighted by molar-refractivity contribution is -0.131. The van der Waals surface area contributed by atoms with Crippen molar-refractivity contribution in [3.8, 4) is 5.75 Å². The molecule has 0 spiro atoms. The van der Waals surface area contributed by atoms with E-state index in [0.717, 1.165) is 0 Å². The Kier molecular flexibility index (Phi) is 5.67. The molecular weight excluding hydrogens is 425 g/mol. The summed E-state index contributed by atoms with van der Waals surface area (Å²) < 4.78 is 45.9. The molecule has 2 aliphatic rings. The summed E-state index contributed by atoms with van der Waals surface area (Å²) >= 11 is 0. The van der Waals surface area contributed by atoms with E-state index < -0.39 is 16.1 Å². The van der Waals surface area contributed by atoms with Crippen molar-refractivity contribution in [3.63, 3.8) is 0 Å². The Bertz CT molecular complexity index is 1110. The molecule has 2 aliphatic heterocycles. The SMILES string of the molecule is C[C@H]1Oc2ccc(S(=O)(=O)N3CCN(C(=O)Cc4ccc(F)cc4)CC3)cc2NC1=O. The Morgan fingerprint density at radius 1 is 1.13 bits per heavy atom. The minimum atomic E-state index is -3.79. The van der Waals surface area contributed by atoms with Gasteiger partial charge in [0, 0.05) is 26.2 Å². The van der Waals surface area contributed by atoms with Gasteiger partial charge in [0.05, 0.1) is 17.0 Å². The Morgan fingerprint density at radius 3 is 2.48 bits per heavy atom. The third-order valence-electron chi connectivity index (χ3n) is 5.38. The van der Waals surface area contributed by atoms with Crippen molar-refractivity contribution >= 4 is 27.5 Å². The first-order valence-corrected chi connectivity index (χ1v) is 11.3. The third-order valence-corrected chi connectivity index (χ3v) is 7.27. The summed E-state index contributed by atoms with van der Waals surface area (Å²) in [7, 11) is -3.79. The number of hydrogen-bond donors (Lipinski definition) is 1. The van der Waals surface area contributed by atoms with Crippen molar-refractivity contribution in [2.75, 3.05) is 31.5 Å². The number of carbonyl (C=O) groups is 2. The number of benzene rings is 2. The average Bonchev–Trinajstić information content (AvgIpc) is 2.76. The standard InChI is InChI=1S/C21H22FN3O5S/c1-14-21(27)23-18-13-17(6-7-19(18)30-14)31(28,29)25-10-8-24(9-11-25)20(26)12-15-2-4-16(22)5-3-15/h2-7,13-14H,8-12H2,1H3,(H,23,27)/t14-/m1/s1. The van der Waals surface area contributed by atoms with Crippen LogP contribution in [0.25, 0.3) is 0 Å². The molecule has 31 heavy (non-hydrogen) atoms. The van der Waals surface area contributed by atoms with E-state index in [9.17, 15) is 22.4 Å². The topological polar surface area (TPSA) is 96.0 Å². The maximum Gasteiger partial charge on any atom is 0.265 e. The molecule has 1 atom stereocenters. The van der Waals surface area contributed by atoms with Gasteiger partial charge in [-0.25, -0.2) is 12.8 Å². The van der Waals surface area contributed by atoms with Crippen LogP contribution >= 0.6 is 0 Å². The highest BCUT2D eigenvalue weighted by molar-refractivity contribution is 7.89. The molecule has 4 rings (SSSR count). The zero-order valence-corrected chi connectivity index (χ0v) is 17.7. The molecule has 0 radical (unpaired) electrons. The fraction of sp³-hybridized carbons (Fsp3) is 0.333. The van der Waals surface area contributed by atoms with E-state index in [1.807, 2.05) is 0 Å². The number of nitrogens with zero attached hydrogens (tertiary/aromatic N) is 2. The van der Waals surface area contributed by atoms with E-state index in [0.29, 0.717) is 17.0 Å². The van der Waals surface area contributed by atoms with E-state index in [1.54, 1.807) is 24.0 Å². The van der Waals surface area contributed by atoms with Crippen molar-refractivity contribution in [3.05, 3.63) is 53.8 Å². The molecule has 10 heteroatoms. The van der Waals surface area contributed by atoms with Gasteiger partial charge in [-0.3, -0.25) is 9.59 Å². The van der Waals surface area contributed by atoms with E-state index >= 15 is 0 Å². The largest absolute Gasteiger partial charge is 0.479 e. The first-order valence-electron chi connectivity index (χ1n) is 9.88. The van der Waals surface area contributed by atoms with Crippen LogP contribution in [0.2, 0.25) is 0 Å². The molecule has 0 aliphatic carbocycles. The zero-order valence-electron chi connectivity index (χ0n) is 16.9. The van der Waals surface area contributed by atoms with Gasteiger partial charge in [-0.15, -0.1) is 0 Å². The van der Waals surface area contributed by atoms with Crippen molar-refractivity contribution in [1.29, 1.82) is 0 Å². The lowest BCUT2D eigenvalue weighted by atomic mass is 10.1. The van der Waals surface area contributed by atoms with Crippen molar-refractivity contribution < 1.29 is 27.1 Å². The highest BCUT2D eigenvalue weighted by Gasteiger charge is 2.32. The van der Waals surface area contributed by atoms with Crippen LogP contribution in [0.4, 0.5) is 10.1 Å². The Morgan fingerprint density at radius 2 is 1.81 bits per heavy atom. The van der Waals surface area contributed by atoms with Gasteiger partial charge in [-0.1, -0.05) is 12.1 Å². The molecule has 2 aromatic carbocycles. The molecular formula is C21H22FN3O5S. The zero-order chi connectivity index (χ0) is 22.2. The van der Waals surface area contributed by atoms with Gasteiger partial charge in [0.2, 0.25) is 15.9 Å². The van der Waals surface area contributed by atoms with Crippen LogP contribution in [0.5, 0.6) is 5.75 Å². The van der Waals surface area contributed by atoms with Gasteiger partial charge in [-0.2, -0.15) is 4.31 Å². The number of rotatable bonds is 4. The van der Waals surface area contributed by atoms with Crippen LogP contribution in [-0.2, 0) is 26.0 Å². The van der Waals surface area contributed by atoms with Crippen molar-refractivity contribution in [2.24, 2.45) is 0 Å². The highest BCUT2D eigenvalue weighted by atomic mass is 32.2. The van der Waals surface area contributed by atoms with Crippen molar-refractivity contribution in [2.45, 2.75) is 24.3 Å². The molecule has 0 bridgehead atoms. The second kappa shape index (κ2) is 8.27. The molecule has 1 N–H and O–H groups in total. The second-order valence-electron chi connectivity index (χ2n) is 7.50. The predicted molar refractivity (Wildman–Crippen MR) is 111 cm³/mol. The fourth-order valence-electron chi connectivity index (χ4n) is 3.56. The van der Waals surface area contributed by atoms with Crippen LogP contribution in [-0.4, -0.2) is 61.7 Å². The molecule has 2 heterocycles. The second-order valence-corrected chi connectivity index (χ2v) is 9.43. The third kappa shape index (κ3) is 4.40. The smallest absolute Gasteiger partial charge is 0.265 e. The Balaban J connectivity index is 1.41. The molecule has 2 amide bonds. The summed E-state index contributed by atoms with van der Waals surface area (Å²) in [6, 6.07) is 10.1. The summed E-state index contributed by atoms with van der Waals surface area (Å²) in [5.74, 6) is -0.415. The molecule has 2 aromatic rings. The number of ether oxygens (including phenoxy) is 1. The van der Waals surface area contributed by atoms with E-state index in [1.165, 1.54) is 34.6 Å². The van der Waals surface area contributed by atoms with Gasteiger partial charge in [0.15, 0.2) is 6.10 Å². The lowest BCUT2D eigenvalue weighted by Gasteiger charge is -2.34. The predicted octanol–water partition coefficient (Wildman–Crippen LogP) is 1.62. The Labute approximate surface area is 179 Å². The number of halogens is 1. The maximum absolute atomic E-state index is 13.1. The van der Waals surface area contributed by atoms with Crippen LogP contribution in [0.15, 0.2) is 47.4 Å². The molecule has 164 valence electrons. The fourth-order valence-corrected chi connectivity index (χ4v) is 5.01. The lowest BCUT2D eigenvalue weighted by Crippen LogP contribution is -2.50. The maximum atomic E-state index is 13.1. The van der Waals surface area contributed by atoms with E-state index in [4.69, 9.17) is 4.74 Å². The Hall–Kier alpha value is -2.98. The average molecular weight is 447 g/mol. The van der Waals surface area contributed by atoms with Gasteiger partial charge >= 0.3 is 0 Å². The highest BCUT2D eigenvalue weighted by Crippen LogP contribution is 2.33. The van der Waals surface area contributed by atoms with Crippen LogP contribution in [0.3, 0.4) is 0 Å². The number of fused-ring (bicyclic) bond motifs is 1. The summed E-state index contributed by atoms with van der Waals surface area (Å²) in [4.78, 5) is 26.0. The number of hydrogen-bond acceptors (Lipinski definition) is 5. The van der Waals surface area contributed by atoms with Gasteiger partial charge in [-0.05, 0) is 42.8 Å². The molecule has 8 nitrogen and oxygen atoms in total. The van der Waals surface area contributed by atoms with Crippen LogP contribution in [0.1, 0.15) is 12.5 Å². The molecule has 1 saturated heterocycles. The van der Waals surface area contributed by atoms with Gasteiger partial charge in [0.25, 0.3) is 5.91 Å². The number of piperazine rings is 1. The number of carbonyl (C=O) groups excluding carboxylic acids is 2. The normalized spacial score (nSPS) is 19.4. The summed E-state index contributed by atoms with van der Waals surface area (Å²) in [5, 5.41) is 2.65. The quantitative estimate of drug-likeness (QED) is 0.769. The number of anilines is 1. The molecule has 0 aromatic heterocycles. The van der Waals surface area contributed by atoms with Crippen LogP contribution < -0.4 is 10.1 Å². The molecule has 1 fully saturated rings. The monoisotopic (exact) mass is 447 g/mol. The minimum absolute atomic E-state index is 0.0517. The van der Waals surface area contributed by atoms with Gasteiger partial charge in [0.1, 0.15) is 11.6 Å². The summed E-state index contributed by atoms with van der Waals surface area (Å²) in [6.45, 7) is 2.46. The van der Waals surface area contributed by atoms with Crippen molar-refractivity contribution in [1.82, 2.24) is 9.21 Å². The number of sulfonamides is 1. The summed E-state index contributed by atoms with van der Waals surface area (Å²) in [5.41, 5.74) is 1.02. The number of amides is 2. The van der Waals surface area contributed by atoms with E-state index in [2.05, 4.69) is 5.32 Å². The minimum Gasteiger partial charge on any atom is -0.479 e. The molecule has 0 saturated carbocycles. The summed E-state index contributed by atoms with van der Waals surface area (Å²) in [6.07, 6.45) is -0.508. The first kappa shape index (κ1) is 21.3. The first-order chi connectivity index (χ1) is 14.7. The number of nitrogens with one attached hydrogen (secondary N) is 1. The van der Waals surface area contributed by atoms with Crippen LogP contribution in [0, 0.1) is 5.82 Å².